The Morgan fingerprint density at radius 2 is 2.12 bits per heavy atom. The molecule has 0 aliphatic heterocycles. The Balaban J connectivity index is 1.64. The summed E-state index contributed by atoms with van der Waals surface area (Å²) in [7, 11) is 0. The van der Waals surface area contributed by atoms with E-state index >= 15 is 0 Å². The predicted molar refractivity (Wildman–Crippen MR) is 88.3 cm³/mol. The molecule has 0 radical (unpaired) electrons. The summed E-state index contributed by atoms with van der Waals surface area (Å²) >= 11 is 0. The average molecular weight is 324 g/mol. The number of anilines is 1. The first-order valence-corrected chi connectivity index (χ1v) is 7.37. The maximum Gasteiger partial charge on any atom is 0.255 e. The summed E-state index contributed by atoms with van der Waals surface area (Å²) in [6.07, 6.45) is 4.39. The van der Waals surface area contributed by atoms with Crippen LogP contribution in [-0.2, 0) is 4.79 Å². The minimum Gasteiger partial charge on any atom is -0.472 e. The van der Waals surface area contributed by atoms with E-state index in [1.165, 1.54) is 18.6 Å². The molecule has 0 unspecified atom stereocenters. The summed E-state index contributed by atoms with van der Waals surface area (Å²) in [5, 5.41) is 12.2. The Kier molecular flexibility index (Phi) is 4.42. The van der Waals surface area contributed by atoms with Crippen LogP contribution in [0.4, 0.5) is 5.69 Å². The second-order valence-electron chi connectivity index (χ2n) is 5.25. The number of hydrogen-bond acceptors (Lipinski definition) is 4. The summed E-state index contributed by atoms with van der Waals surface area (Å²) in [5.41, 5.74) is 2.76. The number of aromatic nitrogens is 2. The number of carbonyl (C=O) groups is 2. The van der Waals surface area contributed by atoms with Crippen molar-refractivity contribution in [3.05, 3.63) is 60.7 Å². The highest BCUT2D eigenvalue weighted by molar-refractivity contribution is 6.00. The van der Waals surface area contributed by atoms with Gasteiger partial charge in [-0.3, -0.25) is 14.7 Å². The second-order valence-corrected chi connectivity index (χ2v) is 5.25. The zero-order chi connectivity index (χ0) is 16.9. The van der Waals surface area contributed by atoms with Crippen molar-refractivity contribution < 1.29 is 14.0 Å². The first-order chi connectivity index (χ1) is 11.6. The highest BCUT2D eigenvalue weighted by Crippen LogP contribution is 2.20. The number of amides is 2. The van der Waals surface area contributed by atoms with E-state index in [2.05, 4.69) is 20.8 Å². The van der Waals surface area contributed by atoms with E-state index in [-0.39, 0.29) is 11.8 Å². The lowest BCUT2D eigenvalue weighted by molar-refractivity contribution is -0.117. The fourth-order valence-electron chi connectivity index (χ4n) is 2.17. The molecular weight excluding hydrogens is 308 g/mol. The number of H-pyrrole nitrogens is 1. The molecule has 7 heteroatoms. The van der Waals surface area contributed by atoms with Gasteiger partial charge in [0, 0.05) is 17.4 Å². The maximum atomic E-state index is 12.2. The van der Waals surface area contributed by atoms with Gasteiger partial charge in [0.15, 0.2) is 0 Å². The van der Waals surface area contributed by atoms with Crippen molar-refractivity contribution in [2.75, 3.05) is 5.32 Å². The fourth-order valence-corrected chi connectivity index (χ4v) is 2.17. The number of nitrogens with one attached hydrogen (secondary N) is 3. The topological polar surface area (TPSA) is 100 Å². The summed E-state index contributed by atoms with van der Waals surface area (Å²) < 4.78 is 4.85. The molecule has 2 heterocycles. The van der Waals surface area contributed by atoms with Crippen LogP contribution < -0.4 is 10.6 Å². The van der Waals surface area contributed by atoms with Crippen molar-refractivity contribution >= 4 is 17.5 Å². The van der Waals surface area contributed by atoms with Gasteiger partial charge in [-0.15, -0.1) is 0 Å². The van der Waals surface area contributed by atoms with E-state index in [1.54, 1.807) is 19.2 Å². The minimum atomic E-state index is -0.691. The molecule has 1 atom stereocenters. The molecule has 3 rings (SSSR count). The monoisotopic (exact) mass is 324 g/mol. The quantitative estimate of drug-likeness (QED) is 0.671. The lowest BCUT2D eigenvalue weighted by atomic mass is 10.1. The maximum absolute atomic E-state index is 12.2. The Hall–Kier alpha value is -3.35. The van der Waals surface area contributed by atoms with Gasteiger partial charge in [-0.25, -0.2) is 0 Å². The molecular formula is C17H16N4O3. The molecule has 3 aromatic rings. The molecule has 0 aliphatic carbocycles. The first-order valence-electron chi connectivity index (χ1n) is 7.37. The number of rotatable bonds is 5. The van der Waals surface area contributed by atoms with Gasteiger partial charge < -0.3 is 15.1 Å². The van der Waals surface area contributed by atoms with Crippen LogP contribution in [0.5, 0.6) is 0 Å². The summed E-state index contributed by atoms with van der Waals surface area (Å²) in [5.74, 6) is -0.675. The van der Waals surface area contributed by atoms with Crippen LogP contribution in [0, 0.1) is 0 Å². The van der Waals surface area contributed by atoms with Gasteiger partial charge in [-0.2, -0.15) is 5.10 Å². The summed E-state index contributed by atoms with van der Waals surface area (Å²) in [6.45, 7) is 1.62. The zero-order valence-electron chi connectivity index (χ0n) is 12.9. The van der Waals surface area contributed by atoms with Crippen molar-refractivity contribution in [1.29, 1.82) is 0 Å². The number of benzene rings is 1. The third-order valence-electron chi connectivity index (χ3n) is 3.47. The largest absolute Gasteiger partial charge is 0.472 e. The van der Waals surface area contributed by atoms with Gasteiger partial charge in [0.1, 0.15) is 12.3 Å². The molecule has 3 N–H and O–H groups in total. The van der Waals surface area contributed by atoms with Gasteiger partial charge in [-0.05, 0) is 31.2 Å². The highest BCUT2D eigenvalue weighted by atomic mass is 16.3. The Morgan fingerprint density at radius 3 is 2.83 bits per heavy atom. The van der Waals surface area contributed by atoms with Crippen LogP contribution in [0.1, 0.15) is 17.3 Å². The molecule has 0 saturated heterocycles. The molecule has 0 bridgehead atoms. The molecule has 2 amide bonds. The van der Waals surface area contributed by atoms with Crippen LogP contribution in [0.15, 0.2) is 59.5 Å². The van der Waals surface area contributed by atoms with Crippen molar-refractivity contribution in [3.8, 4) is 11.3 Å². The van der Waals surface area contributed by atoms with E-state index in [0.29, 0.717) is 11.3 Å². The Bertz CT molecular complexity index is 825. The number of carbonyl (C=O) groups excluding carboxylic acids is 2. The smallest absolute Gasteiger partial charge is 0.255 e. The van der Waals surface area contributed by atoms with Crippen LogP contribution in [-0.4, -0.2) is 28.1 Å². The fraction of sp³-hybridized carbons (Fsp3) is 0.118. The predicted octanol–water partition coefficient (Wildman–Crippen LogP) is 2.43. The number of furan rings is 1. The lowest BCUT2D eigenvalue weighted by Crippen LogP contribution is -2.41. The molecule has 2 aromatic heterocycles. The van der Waals surface area contributed by atoms with Crippen LogP contribution >= 0.6 is 0 Å². The van der Waals surface area contributed by atoms with E-state index in [4.69, 9.17) is 4.42 Å². The van der Waals surface area contributed by atoms with Gasteiger partial charge >= 0.3 is 0 Å². The number of hydrogen-bond donors (Lipinski definition) is 3. The van der Waals surface area contributed by atoms with Gasteiger partial charge in [-0.1, -0.05) is 12.1 Å². The van der Waals surface area contributed by atoms with Crippen LogP contribution in [0.3, 0.4) is 0 Å². The summed E-state index contributed by atoms with van der Waals surface area (Å²) in [4.78, 5) is 24.2. The van der Waals surface area contributed by atoms with E-state index in [0.717, 1.165) is 11.3 Å². The minimum absolute atomic E-state index is 0.311. The molecule has 1 aromatic carbocycles. The van der Waals surface area contributed by atoms with Gasteiger partial charge in [0.2, 0.25) is 5.91 Å². The Labute approximate surface area is 138 Å². The Morgan fingerprint density at radius 1 is 1.25 bits per heavy atom. The molecule has 0 spiro atoms. The van der Waals surface area contributed by atoms with E-state index in [9.17, 15) is 9.59 Å². The van der Waals surface area contributed by atoms with Crippen LogP contribution in [0.25, 0.3) is 11.3 Å². The van der Waals surface area contributed by atoms with E-state index in [1.807, 2.05) is 24.3 Å². The molecule has 0 fully saturated rings. The first kappa shape index (κ1) is 15.5. The van der Waals surface area contributed by atoms with Gasteiger partial charge in [0.05, 0.1) is 17.5 Å². The van der Waals surface area contributed by atoms with Crippen molar-refractivity contribution in [3.63, 3.8) is 0 Å². The lowest BCUT2D eigenvalue weighted by Gasteiger charge is -2.14. The van der Waals surface area contributed by atoms with E-state index < -0.39 is 6.04 Å². The molecule has 0 aliphatic rings. The van der Waals surface area contributed by atoms with Crippen LogP contribution in [0.2, 0.25) is 0 Å². The highest BCUT2D eigenvalue weighted by Gasteiger charge is 2.17. The van der Waals surface area contributed by atoms with Gasteiger partial charge in [0.25, 0.3) is 5.91 Å². The zero-order valence-corrected chi connectivity index (χ0v) is 12.9. The van der Waals surface area contributed by atoms with Crippen molar-refractivity contribution in [2.45, 2.75) is 13.0 Å². The molecule has 0 saturated carbocycles. The average Bonchev–Trinajstić information content (AvgIpc) is 3.28. The standard InChI is InChI=1S/C17H16N4O3/c1-11(19-17(23)13-6-8-24-10-13)16(22)20-14-4-2-3-12(9-14)15-5-7-18-21-15/h2-11H,1H3,(H,18,21)(H,19,23)(H,20,22)/t11-/m0/s1. The SMILES string of the molecule is C[C@H](NC(=O)c1ccoc1)C(=O)Nc1cccc(-c2ccn[nH]2)c1. The third kappa shape index (κ3) is 3.52. The summed E-state index contributed by atoms with van der Waals surface area (Å²) in [6, 6.07) is 10.0. The van der Waals surface area contributed by atoms with Crippen molar-refractivity contribution in [1.82, 2.24) is 15.5 Å². The van der Waals surface area contributed by atoms with Crippen molar-refractivity contribution in [2.24, 2.45) is 0 Å². The third-order valence-corrected chi connectivity index (χ3v) is 3.47. The molecule has 24 heavy (non-hydrogen) atoms. The number of aromatic amines is 1. The molecule has 7 nitrogen and oxygen atoms in total. The second kappa shape index (κ2) is 6.82. The normalized spacial score (nSPS) is 11.7. The number of nitrogens with zero attached hydrogens (tertiary/aromatic N) is 1. The molecule has 122 valence electrons.